The lowest BCUT2D eigenvalue weighted by Gasteiger charge is -2.33. The molecule has 3 N–H and O–H groups in total. The number of fused-ring (bicyclic) bond motifs is 1. The highest BCUT2D eigenvalue weighted by atomic mass is 32.1. The molecule has 3 aromatic rings. The number of para-hydroxylation sites is 1. The van der Waals surface area contributed by atoms with E-state index in [9.17, 15) is 9.50 Å². The molecule has 0 aliphatic heterocycles. The Labute approximate surface area is 180 Å². The van der Waals surface area contributed by atoms with E-state index in [4.69, 9.17) is 9.97 Å². The molecule has 6 nitrogen and oxygen atoms in total. The zero-order chi connectivity index (χ0) is 21.3. The fourth-order valence-corrected chi connectivity index (χ4v) is 5.38. The van der Waals surface area contributed by atoms with Crippen LogP contribution in [-0.2, 0) is 0 Å². The van der Waals surface area contributed by atoms with Crippen LogP contribution in [0.1, 0.15) is 32.4 Å². The number of aliphatic hydroxyl groups is 1. The summed E-state index contributed by atoms with van der Waals surface area (Å²) in [6.07, 6.45) is 1.91. The number of benzene rings is 1. The number of hydrogen-bond donors (Lipinski definition) is 3. The van der Waals surface area contributed by atoms with Gasteiger partial charge in [0.1, 0.15) is 17.5 Å². The van der Waals surface area contributed by atoms with Crippen molar-refractivity contribution >= 4 is 33.3 Å². The summed E-state index contributed by atoms with van der Waals surface area (Å²) in [6.45, 7) is 6.16. The van der Waals surface area contributed by atoms with Crippen molar-refractivity contribution < 1.29 is 9.50 Å². The molecule has 8 heteroatoms. The lowest BCUT2D eigenvalue weighted by molar-refractivity contribution is 0.187. The molecule has 30 heavy (non-hydrogen) atoms. The number of hydrogen-bond acceptors (Lipinski definition) is 7. The lowest BCUT2D eigenvalue weighted by atomic mass is 9.86. The van der Waals surface area contributed by atoms with Crippen molar-refractivity contribution in [1.29, 1.82) is 0 Å². The first-order valence-electron chi connectivity index (χ1n) is 10.4. The van der Waals surface area contributed by atoms with Gasteiger partial charge >= 0.3 is 0 Å². The number of nitrogens with zero attached hydrogens (tertiary/aromatic N) is 3. The Bertz CT molecular complexity index is 1010. The maximum Gasteiger partial charge on any atom is 0.224 e. The molecule has 0 bridgehead atoms. The Kier molecular flexibility index (Phi) is 5.88. The van der Waals surface area contributed by atoms with Crippen molar-refractivity contribution in [3.05, 3.63) is 30.0 Å². The van der Waals surface area contributed by atoms with Crippen molar-refractivity contribution in [2.75, 3.05) is 30.5 Å². The van der Waals surface area contributed by atoms with Crippen LogP contribution in [-0.4, -0.2) is 45.4 Å². The average molecular weight is 430 g/mol. The number of rotatable bonds is 7. The van der Waals surface area contributed by atoms with Crippen LogP contribution in [0.2, 0.25) is 0 Å². The SMILES string of the molecule is Cc1nc(NCCF)nc(N[C@@]2(C)CC[C@H](CO)[C@H]2C)c1-c1nc2ccccc2s1. The first-order chi connectivity index (χ1) is 14.4. The van der Waals surface area contributed by atoms with Gasteiger partial charge in [0.25, 0.3) is 0 Å². The standard InChI is InChI=1S/C22H28FN5OS/c1-13-15(12-29)8-9-22(13,3)28-19-18(14(2)25-21(27-19)24-11-10-23)20-26-16-6-4-5-7-17(16)30-20/h4-7,13,15,29H,8-12H2,1-3H3,(H2,24,25,27,28)/t13-,15-,22+/m1/s1. The fourth-order valence-electron chi connectivity index (χ4n) is 4.32. The van der Waals surface area contributed by atoms with Gasteiger partial charge in [0, 0.05) is 18.7 Å². The summed E-state index contributed by atoms with van der Waals surface area (Å²) in [5, 5.41) is 17.2. The number of anilines is 2. The largest absolute Gasteiger partial charge is 0.396 e. The third-order valence-corrected chi connectivity index (χ3v) is 7.41. The van der Waals surface area contributed by atoms with Crippen LogP contribution in [0.25, 0.3) is 20.8 Å². The highest BCUT2D eigenvalue weighted by molar-refractivity contribution is 7.21. The van der Waals surface area contributed by atoms with E-state index in [-0.39, 0.29) is 30.5 Å². The Morgan fingerprint density at radius 1 is 1.27 bits per heavy atom. The molecule has 0 saturated heterocycles. The van der Waals surface area contributed by atoms with Crippen molar-refractivity contribution in [2.45, 2.75) is 39.2 Å². The van der Waals surface area contributed by atoms with E-state index in [0.717, 1.165) is 39.3 Å². The van der Waals surface area contributed by atoms with Crippen molar-refractivity contribution in [3.8, 4) is 10.6 Å². The van der Waals surface area contributed by atoms with E-state index in [0.29, 0.717) is 11.8 Å². The minimum Gasteiger partial charge on any atom is -0.396 e. The predicted octanol–water partition coefficient (Wildman–Crippen LogP) is 4.65. The maximum atomic E-state index is 12.7. The van der Waals surface area contributed by atoms with Gasteiger partial charge in [-0.25, -0.2) is 14.4 Å². The summed E-state index contributed by atoms with van der Waals surface area (Å²) in [7, 11) is 0. The van der Waals surface area contributed by atoms with Crippen LogP contribution in [0, 0.1) is 18.8 Å². The summed E-state index contributed by atoms with van der Waals surface area (Å²) >= 11 is 1.61. The van der Waals surface area contributed by atoms with Crippen molar-refractivity contribution in [1.82, 2.24) is 15.0 Å². The Hall–Kier alpha value is -2.32. The first kappa shape index (κ1) is 20.9. The molecule has 0 unspecified atom stereocenters. The molecule has 4 rings (SSSR count). The van der Waals surface area contributed by atoms with E-state index < -0.39 is 6.67 Å². The molecule has 1 aliphatic carbocycles. The van der Waals surface area contributed by atoms with E-state index >= 15 is 0 Å². The minimum absolute atomic E-state index is 0.166. The molecule has 1 fully saturated rings. The van der Waals surface area contributed by atoms with Crippen LogP contribution in [0.5, 0.6) is 0 Å². The normalized spacial score (nSPS) is 23.8. The van der Waals surface area contributed by atoms with E-state index in [2.05, 4.69) is 35.5 Å². The van der Waals surface area contributed by atoms with Crippen molar-refractivity contribution in [2.24, 2.45) is 11.8 Å². The molecule has 1 aromatic carbocycles. The Balaban J connectivity index is 1.79. The number of thiazole rings is 1. The zero-order valence-corrected chi connectivity index (χ0v) is 18.4. The quantitative estimate of drug-likeness (QED) is 0.507. The fraction of sp³-hybridized carbons (Fsp3) is 0.500. The number of halogens is 1. The van der Waals surface area contributed by atoms with Crippen LogP contribution in [0.15, 0.2) is 24.3 Å². The number of aliphatic hydroxyl groups excluding tert-OH is 1. The van der Waals surface area contributed by atoms with Gasteiger partial charge in [0.15, 0.2) is 0 Å². The minimum atomic E-state index is -0.488. The van der Waals surface area contributed by atoms with Crippen LogP contribution in [0.4, 0.5) is 16.2 Å². The van der Waals surface area contributed by atoms with E-state index in [1.54, 1.807) is 11.3 Å². The molecule has 0 radical (unpaired) electrons. The zero-order valence-electron chi connectivity index (χ0n) is 17.6. The lowest BCUT2D eigenvalue weighted by Crippen LogP contribution is -2.40. The second-order valence-electron chi connectivity index (χ2n) is 8.27. The first-order valence-corrected chi connectivity index (χ1v) is 11.2. The van der Waals surface area contributed by atoms with Crippen LogP contribution < -0.4 is 10.6 Å². The van der Waals surface area contributed by atoms with Gasteiger partial charge in [-0.15, -0.1) is 11.3 Å². The maximum absolute atomic E-state index is 12.7. The van der Waals surface area contributed by atoms with Crippen LogP contribution in [0.3, 0.4) is 0 Å². The molecule has 1 aliphatic rings. The van der Waals surface area contributed by atoms with Crippen LogP contribution >= 0.6 is 11.3 Å². The number of nitrogens with one attached hydrogen (secondary N) is 2. The summed E-state index contributed by atoms with van der Waals surface area (Å²) in [5.41, 5.74) is 2.41. The molecular weight excluding hydrogens is 401 g/mol. The topological polar surface area (TPSA) is 83.0 Å². The number of alkyl halides is 1. The monoisotopic (exact) mass is 429 g/mol. The molecule has 1 saturated carbocycles. The van der Waals surface area contributed by atoms with E-state index in [1.165, 1.54) is 0 Å². The molecule has 2 heterocycles. The van der Waals surface area contributed by atoms with Gasteiger partial charge < -0.3 is 15.7 Å². The Morgan fingerprint density at radius 3 is 2.77 bits per heavy atom. The van der Waals surface area contributed by atoms with Gasteiger partial charge in [-0.05, 0) is 50.7 Å². The Morgan fingerprint density at radius 2 is 2.07 bits per heavy atom. The number of aromatic nitrogens is 3. The van der Waals surface area contributed by atoms with Crippen molar-refractivity contribution in [3.63, 3.8) is 0 Å². The van der Waals surface area contributed by atoms with Gasteiger partial charge in [-0.1, -0.05) is 19.1 Å². The summed E-state index contributed by atoms with van der Waals surface area (Å²) < 4.78 is 13.8. The second-order valence-corrected chi connectivity index (χ2v) is 9.30. The van der Waals surface area contributed by atoms with Gasteiger partial charge in [0.05, 0.1) is 21.5 Å². The summed E-state index contributed by atoms with van der Waals surface area (Å²) in [6, 6.07) is 8.05. The van der Waals surface area contributed by atoms with Gasteiger partial charge in [-0.3, -0.25) is 0 Å². The molecule has 0 amide bonds. The average Bonchev–Trinajstić information content (AvgIpc) is 3.27. The van der Waals surface area contributed by atoms with E-state index in [1.807, 2.05) is 25.1 Å². The number of aryl methyl sites for hydroxylation is 1. The highest BCUT2D eigenvalue weighted by Crippen LogP contribution is 2.44. The smallest absolute Gasteiger partial charge is 0.224 e. The third kappa shape index (κ3) is 3.86. The predicted molar refractivity (Wildman–Crippen MR) is 121 cm³/mol. The molecular formula is C22H28FN5OS. The molecule has 0 spiro atoms. The molecule has 2 aromatic heterocycles. The van der Waals surface area contributed by atoms with Gasteiger partial charge in [0.2, 0.25) is 5.95 Å². The second kappa shape index (κ2) is 8.43. The molecule has 3 atom stereocenters. The molecule has 160 valence electrons. The third-order valence-electron chi connectivity index (χ3n) is 6.36. The highest BCUT2D eigenvalue weighted by Gasteiger charge is 2.42. The van der Waals surface area contributed by atoms with Gasteiger partial charge in [-0.2, -0.15) is 4.98 Å². The summed E-state index contributed by atoms with van der Waals surface area (Å²) in [5.74, 6) is 1.66. The summed E-state index contributed by atoms with van der Waals surface area (Å²) in [4.78, 5) is 14.1.